The zero-order chi connectivity index (χ0) is 97.5. The molecule has 0 fully saturated rings. The lowest BCUT2D eigenvalue weighted by atomic mass is 9.83. The van der Waals surface area contributed by atoms with Crippen molar-refractivity contribution in [2.45, 2.75) is 165 Å². The van der Waals surface area contributed by atoms with Gasteiger partial charge in [-0.25, -0.2) is 4.79 Å². The summed E-state index contributed by atoms with van der Waals surface area (Å²) in [6.45, 7) is -7.81. The number of carboxylic acids is 9. The highest BCUT2D eigenvalue weighted by molar-refractivity contribution is 6.02. The second-order valence-electron chi connectivity index (χ2n) is 31.1. The molecule has 7 amide bonds. The van der Waals surface area contributed by atoms with E-state index in [1.54, 1.807) is 0 Å². The Kier molecular flexibility index (Phi) is 57.2. The van der Waals surface area contributed by atoms with E-state index in [2.05, 4.69) is 43.3 Å². The van der Waals surface area contributed by atoms with Gasteiger partial charge in [-0.1, -0.05) is 62.4 Å². The first kappa shape index (κ1) is 115. The van der Waals surface area contributed by atoms with E-state index in [0.717, 1.165) is 27.1 Å². The Morgan fingerprint density at radius 2 is 0.500 bits per heavy atom. The third-order valence-electron chi connectivity index (χ3n) is 19.7. The predicted octanol–water partition coefficient (Wildman–Crippen LogP) is 2.29. The van der Waals surface area contributed by atoms with Crippen LogP contribution in [0.2, 0.25) is 0 Å². The van der Waals surface area contributed by atoms with E-state index < -0.39 is 353 Å². The van der Waals surface area contributed by atoms with E-state index in [1.165, 1.54) is 0 Å². The molecule has 46 nitrogen and oxygen atoms in total. The lowest BCUT2D eigenvalue weighted by Crippen LogP contribution is -2.60. The average Bonchev–Trinajstić information content (AvgIpc) is 0.775. The summed E-state index contributed by atoms with van der Waals surface area (Å²) in [5.74, 6) is -15.4. The van der Waals surface area contributed by atoms with Crippen LogP contribution >= 0.6 is 0 Å². The minimum atomic E-state index is -1.95. The summed E-state index contributed by atoms with van der Waals surface area (Å²) in [7, 11) is 0. The van der Waals surface area contributed by atoms with Crippen molar-refractivity contribution in [2.24, 2.45) is 5.41 Å². The molecule has 46 heteroatoms. The summed E-state index contributed by atoms with van der Waals surface area (Å²) in [6, 6.07) is 17.7. The molecule has 3 aromatic carbocycles. The zero-order valence-corrected chi connectivity index (χ0v) is 74.6. The molecule has 0 unspecified atom stereocenters. The quantitative estimate of drug-likeness (QED) is 0.0285. The summed E-state index contributed by atoms with van der Waals surface area (Å²) in [5.41, 5.74) is -6.86. The van der Waals surface area contributed by atoms with Gasteiger partial charge < -0.3 is 149 Å². The van der Waals surface area contributed by atoms with Gasteiger partial charge in [0.15, 0.2) is 0 Å². The van der Waals surface area contributed by atoms with Gasteiger partial charge in [-0.05, 0) is 53.3 Å². The summed E-state index contributed by atoms with van der Waals surface area (Å²) in [4.78, 5) is 199. The first-order valence-electron chi connectivity index (χ1n) is 43.0. The lowest BCUT2D eigenvalue weighted by molar-refractivity contribution is -0.142. The number of carbonyl (C=O) groups is 16. The van der Waals surface area contributed by atoms with Crippen LogP contribution in [0.3, 0.4) is 0 Å². The van der Waals surface area contributed by atoms with Gasteiger partial charge >= 0.3 is 59.8 Å². The number of hydrogen-bond donors (Lipinski definition) is 16. The third kappa shape index (κ3) is 52.3. The first-order valence-corrected chi connectivity index (χ1v) is 43.0. The summed E-state index contributed by atoms with van der Waals surface area (Å²) >= 11 is 0. The van der Waals surface area contributed by atoms with Gasteiger partial charge in [0.2, 0.25) is 35.4 Å². The molecule has 0 saturated carbocycles. The van der Waals surface area contributed by atoms with Crippen LogP contribution in [0.5, 0.6) is 0 Å². The molecule has 0 aromatic heterocycles. The fraction of sp³-hybridized carbons (Fsp3) is 0.651. The summed E-state index contributed by atoms with van der Waals surface area (Å²) in [5, 5.41) is 107. The van der Waals surface area contributed by atoms with Gasteiger partial charge in [0, 0.05) is 69.1 Å². The van der Waals surface area contributed by atoms with Crippen molar-refractivity contribution in [2.75, 3.05) is 191 Å². The first-order chi connectivity index (χ1) is 63.0. The Balaban J connectivity index is 1.98. The van der Waals surface area contributed by atoms with Gasteiger partial charge in [0.1, 0.15) is 28.8 Å². The van der Waals surface area contributed by atoms with Crippen LogP contribution in [0.25, 0.3) is 21.5 Å². The maximum Gasteiger partial charge on any atom is 0.407 e. The Labute approximate surface area is 761 Å². The van der Waals surface area contributed by atoms with Crippen LogP contribution in [0, 0.1) is 5.41 Å². The zero-order valence-electron chi connectivity index (χ0n) is 74.6. The Bertz CT molecular complexity index is 3640. The highest BCUT2D eigenvalue weighted by Gasteiger charge is 2.40. The number of carbonyl (C=O) groups excluding carboxylic acids is 7. The Hall–Kier alpha value is -11.0. The number of alkyl carbamates (subject to hydrolysis) is 1. The fourth-order valence-corrected chi connectivity index (χ4v) is 12.5. The average molecular weight is 1880 g/mol. The number of aliphatic carboxylic acids is 9. The minimum absolute atomic E-state index is 0.0296. The number of amides is 7. The van der Waals surface area contributed by atoms with Crippen molar-refractivity contribution in [3.8, 4) is 0 Å². The third-order valence-corrected chi connectivity index (χ3v) is 19.7. The summed E-state index contributed by atoms with van der Waals surface area (Å²) < 4.78 is 80.6. The number of ether oxygens (including phenoxy) is 14. The molecule has 132 heavy (non-hydrogen) atoms. The van der Waals surface area contributed by atoms with Crippen molar-refractivity contribution in [1.29, 1.82) is 0 Å². The largest absolute Gasteiger partial charge is 0.481 e. The molecule has 0 aliphatic heterocycles. The van der Waals surface area contributed by atoms with E-state index >= 15 is 0 Å². The molecular weight excluding hydrogens is 1750 g/mol. The van der Waals surface area contributed by atoms with E-state index in [4.69, 9.17) is 66.3 Å². The molecule has 0 heterocycles. The van der Waals surface area contributed by atoms with Crippen LogP contribution in [0.15, 0.2) is 54.6 Å². The molecule has 742 valence electrons. The van der Waals surface area contributed by atoms with Crippen LogP contribution in [0.4, 0.5) is 4.79 Å². The van der Waals surface area contributed by atoms with E-state index in [1.807, 2.05) is 62.4 Å². The van der Waals surface area contributed by atoms with Crippen LogP contribution in [-0.2, 0) is 145 Å². The minimum Gasteiger partial charge on any atom is -0.481 e. The molecule has 3 aromatic rings. The van der Waals surface area contributed by atoms with Crippen molar-refractivity contribution in [3.63, 3.8) is 0 Å². The molecule has 0 saturated heterocycles. The lowest BCUT2D eigenvalue weighted by Gasteiger charge is -2.35. The van der Waals surface area contributed by atoms with Crippen LogP contribution < -0.4 is 37.2 Å². The van der Waals surface area contributed by atoms with Gasteiger partial charge in [-0.3, -0.25) is 71.9 Å². The highest BCUT2D eigenvalue weighted by Crippen LogP contribution is 2.30. The summed E-state index contributed by atoms with van der Waals surface area (Å²) in [6.07, 6.45) is -5.90. The molecule has 0 spiro atoms. The normalized spacial score (nSPS) is 11.8. The van der Waals surface area contributed by atoms with Gasteiger partial charge in [-0.2, -0.15) is 0 Å². The number of carboxylic acid groups (broad SMARTS) is 9. The monoisotopic (exact) mass is 1880 g/mol. The maximum absolute atomic E-state index is 14.5. The smallest absolute Gasteiger partial charge is 0.407 e. The number of hydrogen-bond acceptors (Lipinski definition) is 30. The Morgan fingerprint density at radius 1 is 0.273 bits per heavy atom. The highest BCUT2D eigenvalue weighted by atomic mass is 16.6. The fourth-order valence-electron chi connectivity index (χ4n) is 12.5. The SMILES string of the molecule is CCC(CC)(CNC(=O)CCCNC(=O)OCc1c2ccccc2cc2ccccc12)COCCC(=O)NCCCC(=O)NC(COCCC(=O)NC(COCCC(=O)O)(COCCC(=O)O)COCCC(=O)O)(COCCC(=O)NC(COCCC(=O)O)(COCCC(=O)O)COCCC(=O)O)COCCC(=O)NC(COCCC(=O)O)(COCCC(=O)O)COCCC(=O)O. The number of fused-ring (bicyclic) bond motifs is 2. The number of nitrogens with one attached hydrogen (secondary N) is 7. The molecular formula is C86H129N7O39. The molecule has 0 bridgehead atoms. The number of benzene rings is 3. The van der Waals surface area contributed by atoms with Crippen molar-refractivity contribution in [1.82, 2.24) is 37.2 Å². The second-order valence-corrected chi connectivity index (χ2v) is 31.1. The van der Waals surface area contributed by atoms with Crippen molar-refractivity contribution in [3.05, 3.63) is 60.2 Å². The topological polar surface area (TPSA) is 669 Å². The second kappa shape index (κ2) is 65.5. The number of rotatable bonds is 83. The van der Waals surface area contributed by atoms with E-state index in [0.29, 0.717) is 19.3 Å². The predicted molar refractivity (Wildman–Crippen MR) is 460 cm³/mol. The molecule has 0 aliphatic rings. The van der Waals surface area contributed by atoms with Gasteiger partial charge in [-0.15, -0.1) is 0 Å². The molecule has 0 radical (unpaired) electrons. The van der Waals surface area contributed by atoms with Crippen molar-refractivity contribution >= 4 is 117 Å². The van der Waals surface area contributed by atoms with E-state index in [9.17, 15) is 123 Å². The van der Waals surface area contributed by atoms with Gasteiger partial charge in [0.05, 0.1) is 230 Å². The molecule has 3 rings (SSSR count). The van der Waals surface area contributed by atoms with E-state index in [-0.39, 0.29) is 71.0 Å². The maximum atomic E-state index is 14.5. The van der Waals surface area contributed by atoms with Crippen LogP contribution in [-0.4, -0.2) is 355 Å². The van der Waals surface area contributed by atoms with Crippen LogP contribution in [0.1, 0.15) is 141 Å². The standard InChI is InChI=1S/C86H129N7O39/c1-3-82(4-2,47-89-66(94)15-9-31-88-81(118)132-46-65-63-13-7-5-11-61(63)45-62-12-6-8-14-64(62)65)48-119-32-17-67(95)87-30-10-16-68(96)90-83(49-120-33-18-69(97)91-84(52-123-36-21-72(100)101,53-124-37-22-73(102)103)54-125-38-23-74(104)105,50-121-34-19-70(98)92-85(55-126-39-24-75(106)107,56-127-40-25-76(108)109)57-128-41-26-77(110)111)51-122-35-20-71(99)93-86(58-129-42-27-78(112)113,59-130-43-28-79(114)115)60-131-44-29-80(116)117/h5-8,11-14,45H,3-4,9-10,15-44,46-60H2,1-2H3,(H,87,95)(H,88,118)(H,89,94)(H,90,96)(H,91,97)(H,92,98)(H,93,99)(H,100,101)(H,102,103)(H,104,105)(H,106,107)(H,108,109)(H,110,111)(H,112,113)(H,114,115)(H,116,117). The molecule has 0 atom stereocenters. The Morgan fingerprint density at radius 3 is 0.773 bits per heavy atom. The van der Waals surface area contributed by atoms with Crippen molar-refractivity contribution < 1.29 is 189 Å². The molecule has 0 aliphatic carbocycles. The van der Waals surface area contributed by atoms with Gasteiger partial charge in [0.25, 0.3) is 0 Å². The molecule has 16 N–H and O–H groups in total.